The summed E-state index contributed by atoms with van der Waals surface area (Å²) in [5, 5.41) is 8.29. The number of rotatable bonds is 6. The molecule has 0 saturated carbocycles. The molecule has 2 aromatic carbocycles. The van der Waals surface area contributed by atoms with Gasteiger partial charge in [0.05, 0.1) is 10.6 Å². The first kappa shape index (κ1) is 20.7. The topological polar surface area (TPSA) is 124 Å². The number of hydrogen-bond donors (Lipinski definition) is 3. The lowest BCUT2D eigenvalue weighted by Crippen LogP contribution is -2.12. The van der Waals surface area contributed by atoms with E-state index in [4.69, 9.17) is 10.9 Å². The lowest BCUT2D eigenvalue weighted by molar-refractivity contribution is 0.597. The Bertz CT molecular complexity index is 1150. The number of primary sulfonamides is 1. The SMILES string of the molecule is Cc1c(F)ccc(-c2cc(NCCc3ccc(S(N)(=O)=O)cc3)nc(N)n2)c1C. The molecule has 0 bridgehead atoms. The van der Waals surface area contributed by atoms with Crippen LogP contribution in [0.3, 0.4) is 0 Å². The van der Waals surface area contributed by atoms with E-state index in [9.17, 15) is 12.8 Å². The van der Waals surface area contributed by atoms with Crippen LogP contribution in [0, 0.1) is 19.7 Å². The summed E-state index contributed by atoms with van der Waals surface area (Å²) >= 11 is 0. The molecule has 7 nitrogen and oxygen atoms in total. The summed E-state index contributed by atoms with van der Waals surface area (Å²) in [7, 11) is -3.70. The first-order valence-electron chi connectivity index (χ1n) is 8.91. The number of hydrogen-bond acceptors (Lipinski definition) is 6. The van der Waals surface area contributed by atoms with Crippen molar-refractivity contribution in [2.45, 2.75) is 25.2 Å². The second kappa shape index (κ2) is 8.14. The van der Waals surface area contributed by atoms with Gasteiger partial charge in [-0.05, 0) is 61.2 Å². The number of halogens is 1. The van der Waals surface area contributed by atoms with Crippen molar-refractivity contribution in [3.05, 3.63) is 65.0 Å². The van der Waals surface area contributed by atoms with Crippen LogP contribution in [0.5, 0.6) is 0 Å². The predicted molar refractivity (Wildman–Crippen MR) is 111 cm³/mol. The molecule has 0 aliphatic rings. The molecule has 0 aliphatic heterocycles. The Hall–Kier alpha value is -3.04. The number of nitrogen functional groups attached to an aromatic ring is 1. The second-order valence-electron chi connectivity index (χ2n) is 6.71. The van der Waals surface area contributed by atoms with Gasteiger partial charge in [0.15, 0.2) is 0 Å². The van der Waals surface area contributed by atoms with Crippen LogP contribution in [-0.4, -0.2) is 24.9 Å². The molecule has 3 rings (SSSR count). The molecule has 5 N–H and O–H groups in total. The van der Waals surface area contributed by atoms with Crippen molar-refractivity contribution in [2.75, 3.05) is 17.6 Å². The Morgan fingerprint density at radius 3 is 2.38 bits per heavy atom. The monoisotopic (exact) mass is 415 g/mol. The summed E-state index contributed by atoms with van der Waals surface area (Å²) < 4.78 is 36.4. The van der Waals surface area contributed by atoms with Crippen LogP contribution >= 0.6 is 0 Å². The molecule has 0 unspecified atom stereocenters. The maximum absolute atomic E-state index is 13.7. The fraction of sp³-hybridized carbons (Fsp3) is 0.200. The number of nitrogens with zero attached hydrogens (tertiary/aromatic N) is 2. The van der Waals surface area contributed by atoms with E-state index >= 15 is 0 Å². The summed E-state index contributed by atoms with van der Waals surface area (Å²) in [5.74, 6) is 0.402. The molecule has 152 valence electrons. The van der Waals surface area contributed by atoms with Crippen LogP contribution in [0.4, 0.5) is 16.2 Å². The lowest BCUT2D eigenvalue weighted by atomic mass is 10.0. The first-order chi connectivity index (χ1) is 13.6. The van der Waals surface area contributed by atoms with Crippen molar-refractivity contribution in [1.82, 2.24) is 9.97 Å². The minimum absolute atomic E-state index is 0.0763. The highest BCUT2D eigenvalue weighted by Gasteiger charge is 2.12. The van der Waals surface area contributed by atoms with E-state index in [2.05, 4.69) is 15.3 Å². The average Bonchev–Trinajstić information content (AvgIpc) is 2.65. The van der Waals surface area contributed by atoms with Gasteiger partial charge in [0.25, 0.3) is 0 Å². The zero-order chi connectivity index (χ0) is 21.2. The fourth-order valence-corrected chi connectivity index (χ4v) is 3.46. The molecule has 9 heteroatoms. The Morgan fingerprint density at radius 1 is 1.03 bits per heavy atom. The quantitative estimate of drug-likeness (QED) is 0.569. The molecule has 1 heterocycles. The van der Waals surface area contributed by atoms with Gasteiger partial charge in [0.1, 0.15) is 11.6 Å². The molecule has 0 spiro atoms. The van der Waals surface area contributed by atoms with Crippen LogP contribution in [0.15, 0.2) is 47.4 Å². The summed E-state index contributed by atoms with van der Waals surface area (Å²) in [6.45, 7) is 4.11. The van der Waals surface area contributed by atoms with Crippen LogP contribution in [0.2, 0.25) is 0 Å². The minimum atomic E-state index is -3.70. The van der Waals surface area contributed by atoms with Gasteiger partial charge < -0.3 is 11.1 Å². The molecule has 0 amide bonds. The van der Waals surface area contributed by atoms with Crippen molar-refractivity contribution >= 4 is 21.8 Å². The molecule has 29 heavy (non-hydrogen) atoms. The second-order valence-corrected chi connectivity index (χ2v) is 8.27. The van der Waals surface area contributed by atoms with Gasteiger partial charge in [0.2, 0.25) is 16.0 Å². The normalized spacial score (nSPS) is 11.4. The largest absolute Gasteiger partial charge is 0.370 e. The van der Waals surface area contributed by atoms with E-state index in [0.29, 0.717) is 30.0 Å². The Kier molecular flexibility index (Phi) is 5.81. The number of aromatic nitrogens is 2. The van der Waals surface area contributed by atoms with E-state index in [0.717, 1.165) is 16.7 Å². The van der Waals surface area contributed by atoms with Crippen LogP contribution < -0.4 is 16.2 Å². The molecule has 0 atom stereocenters. The van der Waals surface area contributed by atoms with Gasteiger partial charge >= 0.3 is 0 Å². The van der Waals surface area contributed by atoms with E-state index < -0.39 is 10.0 Å². The third-order valence-corrected chi connectivity index (χ3v) is 5.64. The minimum Gasteiger partial charge on any atom is -0.370 e. The smallest absolute Gasteiger partial charge is 0.238 e. The lowest BCUT2D eigenvalue weighted by Gasteiger charge is -2.12. The van der Waals surface area contributed by atoms with Crippen molar-refractivity contribution in [2.24, 2.45) is 5.14 Å². The average molecular weight is 415 g/mol. The molecular formula is C20H22FN5O2S. The summed E-state index contributed by atoms with van der Waals surface area (Å²) in [6.07, 6.45) is 0.638. The van der Waals surface area contributed by atoms with Crippen molar-refractivity contribution in [1.29, 1.82) is 0 Å². The molecule has 0 radical (unpaired) electrons. The van der Waals surface area contributed by atoms with Crippen LogP contribution in [-0.2, 0) is 16.4 Å². The molecule has 1 aromatic heterocycles. The van der Waals surface area contributed by atoms with Gasteiger partial charge in [-0.25, -0.2) is 22.9 Å². The van der Waals surface area contributed by atoms with Crippen LogP contribution in [0.1, 0.15) is 16.7 Å². The third-order valence-electron chi connectivity index (χ3n) is 4.71. The molecule has 0 fully saturated rings. The van der Waals surface area contributed by atoms with Gasteiger partial charge in [-0.15, -0.1) is 0 Å². The first-order valence-corrected chi connectivity index (χ1v) is 10.5. The standard InChI is InChI=1S/C20H22FN5O2S/c1-12-13(2)17(21)8-7-16(12)18-11-19(26-20(22)25-18)24-10-9-14-3-5-15(6-4-14)29(23,27)28/h3-8,11H,9-10H2,1-2H3,(H2,23,27,28)(H3,22,24,25,26). The highest BCUT2D eigenvalue weighted by atomic mass is 32.2. The summed E-state index contributed by atoms with van der Waals surface area (Å²) in [5.41, 5.74) is 9.55. The number of benzene rings is 2. The number of nitrogens with two attached hydrogens (primary N) is 2. The molecule has 0 saturated heterocycles. The maximum Gasteiger partial charge on any atom is 0.238 e. The fourth-order valence-electron chi connectivity index (χ4n) is 2.94. The van der Waals surface area contributed by atoms with Crippen molar-refractivity contribution in [3.8, 4) is 11.3 Å². The molecule has 0 aliphatic carbocycles. The van der Waals surface area contributed by atoms with Crippen molar-refractivity contribution in [3.63, 3.8) is 0 Å². The van der Waals surface area contributed by atoms with E-state index in [-0.39, 0.29) is 16.7 Å². The third kappa shape index (κ3) is 4.87. The van der Waals surface area contributed by atoms with Gasteiger partial charge in [-0.1, -0.05) is 12.1 Å². The Labute approximate surface area is 169 Å². The number of nitrogens with one attached hydrogen (secondary N) is 1. The predicted octanol–water partition coefficient (Wildman–Crippen LogP) is 2.78. The Morgan fingerprint density at radius 2 is 1.72 bits per heavy atom. The highest BCUT2D eigenvalue weighted by molar-refractivity contribution is 7.89. The Balaban J connectivity index is 1.73. The molecule has 3 aromatic rings. The maximum atomic E-state index is 13.7. The summed E-state index contributed by atoms with van der Waals surface area (Å²) in [4.78, 5) is 8.54. The van der Waals surface area contributed by atoms with E-state index in [1.165, 1.54) is 18.2 Å². The van der Waals surface area contributed by atoms with Crippen molar-refractivity contribution < 1.29 is 12.8 Å². The molecular weight excluding hydrogens is 393 g/mol. The van der Waals surface area contributed by atoms with Crippen LogP contribution in [0.25, 0.3) is 11.3 Å². The zero-order valence-electron chi connectivity index (χ0n) is 16.1. The van der Waals surface area contributed by atoms with E-state index in [1.807, 2.05) is 6.92 Å². The van der Waals surface area contributed by atoms with Gasteiger partial charge in [-0.2, -0.15) is 4.98 Å². The van der Waals surface area contributed by atoms with Gasteiger partial charge in [0, 0.05) is 18.2 Å². The number of anilines is 2. The van der Waals surface area contributed by atoms with E-state index in [1.54, 1.807) is 31.2 Å². The van der Waals surface area contributed by atoms with Gasteiger partial charge in [-0.3, -0.25) is 0 Å². The number of sulfonamides is 1. The highest BCUT2D eigenvalue weighted by Crippen LogP contribution is 2.27. The summed E-state index contributed by atoms with van der Waals surface area (Å²) in [6, 6.07) is 11.2. The zero-order valence-corrected chi connectivity index (χ0v) is 16.9.